The number of nitrogen functional groups attached to an aromatic ring is 1. The number of fused-ring (bicyclic) bond motifs is 1. The van der Waals surface area contributed by atoms with Gasteiger partial charge < -0.3 is 25.7 Å². The van der Waals surface area contributed by atoms with Gasteiger partial charge in [0.2, 0.25) is 11.9 Å². The van der Waals surface area contributed by atoms with E-state index >= 15 is 0 Å². The number of morpholine rings is 1. The summed E-state index contributed by atoms with van der Waals surface area (Å²) in [5.41, 5.74) is 8.08. The van der Waals surface area contributed by atoms with Crippen LogP contribution in [0.3, 0.4) is 0 Å². The molecule has 0 aliphatic carbocycles. The first kappa shape index (κ1) is 13.7. The summed E-state index contributed by atoms with van der Waals surface area (Å²) in [5, 5.41) is 3.11. The summed E-state index contributed by atoms with van der Waals surface area (Å²) in [6.45, 7) is 4.31. The van der Waals surface area contributed by atoms with Gasteiger partial charge in [0, 0.05) is 18.8 Å². The van der Waals surface area contributed by atoms with Crippen LogP contribution in [0.25, 0.3) is 11.0 Å². The van der Waals surface area contributed by atoms with E-state index in [2.05, 4.69) is 15.3 Å². The number of H-pyrrole nitrogens is 1. The Kier molecular flexibility index (Phi) is 3.66. The van der Waals surface area contributed by atoms with Crippen molar-refractivity contribution in [2.75, 3.05) is 37.4 Å². The molecule has 1 atom stereocenters. The van der Waals surface area contributed by atoms with Gasteiger partial charge in [-0.1, -0.05) is 0 Å². The Morgan fingerprint density at radius 1 is 1.48 bits per heavy atom. The highest BCUT2D eigenvalue weighted by Crippen LogP contribution is 2.17. The van der Waals surface area contributed by atoms with Crippen molar-refractivity contribution in [2.45, 2.75) is 13.0 Å². The Hall–Kier alpha value is -2.28. The van der Waals surface area contributed by atoms with Crippen LogP contribution in [-0.2, 0) is 9.53 Å². The van der Waals surface area contributed by atoms with Crippen LogP contribution in [0.4, 0.5) is 11.6 Å². The molecule has 4 N–H and O–H groups in total. The molecule has 0 saturated carbocycles. The van der Waals surface area contributed by atoms with Crippen molar-refractivity contribution >= 4 is 28.6 Å². The molecule has 112 valence electrons. The average Bonchev–Trinajstić information content (AvgIpc) is 2.88. The van der Waals surface area contributed by atoms with Crippen molar-refractivity contribution < 1.29 is 9.53 Å². The number of amides is 1. The summed E-state index contributed by atoms with van der Waals surface area (Å²) in [6.07, 6.45) is 0. The zero-order chi connectivity index (χ0) is 14.8. The van der Waals surface area contributed by atoms with Gasteiger partial charge in [-0.3, -0.25) is 4.79 Å². The number of nitrogens with zero attached hydrogens (tertiary/aromatic N) is 2. The standard InChI is InChI=1S/C14H19N5O2/c1-9(13(20)19-4-6-21-7-5-19)16-14-17-11-3-2-10(15)8-12(11)18-14/h2-3,8-9H,4-7,15H2,1H3,(H2,16,17,18). The Labute approximate surface area is 122 Å². The van der Waals surface area contributed by atoms with Gasteiger partial charge in [-0.15, -0.1) is 0 Å². The van der Waals surface area contributed by atoms with E-state index in [-0.39, 0.29) is 11.9 Å². The molecule has 0 spiro atoms. The molecule has 1 saturated heterocycles. The average molecular weight is 289 g/mol. The van der Waals surface area contributed by atoms with E-state index in [1.165, 1.54) is 0 Å². The summed E-state index contributed by atoms with van der Waals surface area (Å²) >= 11 is 0. The molecule has 1 unspecified atom stereocenters. The monoisotopic (exact) mass is 289 g/mol. The molecule has 7 heteroatoms. The van der Waals surface area contributed by atoms with Crippen molar-refractivity contribution in [2.24, 2.45) is 0 Å². The Bertz CT molecular complexity index is 648. The van der Waals surface area contributed by atoms with E-state index in [1.54, 1.807) is 6.07 Å². The van der Waals surface area contributed by atoms with E-state index in [0.717, 1.165) is 11.0 Å². The zero-order valence-electron chi connectivity index (χ0n) is 11.9. The predicted molar refractivity (Wildman–Crippen MR) is 81.0 cm³/mol. The van der Waals surface area contributed by atoms with Crippen molar-refractivity contribution in [1.29, 1.82) is 0 Å². The zero-order valence-corrected chi connectivity index (χ0v) is 11.9. The predicted octanol–water partition coefficient (Wildman–Crippen LogP) is 0.804. The van der Waals surface area contributed by atoms with Crippen LogP contribution in [0, 0.1) is 0 Å². The third kappa shape index (κ3) is 2.92. The SMILES string of the molecule is CC(Nc1nc2ccc(N)cc2[nH]1)C(=O)N1CCOCC1. The van der Waals surface area contributed by atoms with E-state index < -0.39 is 0 Å². The highest BCUT2D eigenvalue weighted by Gasteiger charge is 2.22. The fraction of sp³-hybridized carbons (Fsp3) is 0.429. The van der Waals surface area contributed by atoms with Crippen LogP contribution < -0.4 is 11.1 Å². The molecule has 2 heterocycles. The lowest BCUT2D eigenvalue weighted by molar-refractivity contribution is -0.135. The molecule has 1 aromatic carbocycles. The lowest BCUT2D eigenvalue weighted by atomic mass is 10.2. The molecule has 1 aliphatic heterocycles. The van der Waals surface area contributed by atoms with Gasteiger partial charge in [0.1, 0.15) is 6.04 Å². The second-order valence-corrected chi connectivity index (χ2v) is 5.17. The molecule has 7 nitrogen and oxygen atoms in total. The van der Waals surface area contributed by atoms with Crippen molar-refractivity contribution in [1.82, 2.24) is 14.9 Å². The maximum atomic E-state index is 12.3. The second kappa shape index (κ2) is 5.61. The van der Waals surface area contributed by atoms with Crippen LogP contribution in [0.1, 0.15) is 6.92 Å². The number of hydrogen-bond acceptors (Lipinski definition) is 5. The smallest absolute Gasteiger partial charge is 0.245 e. The van der Waals surface area contributed by atoms with Gasteiger partial charge in [0.25, 0.3) is 0 Å². The van der Waals surface area contributed by atoms with Crippen LogP contribution >= 0.6 is 0 Å². The fourth-order valence-electron chi connectivity index (χ4n) is 2.42. The number of nitrogens with two attached hydrogens (primary N) is 1. The number of hydrogen-bond donors (Lipinski definition) is 3. The van der Waals surface area contributed by atoms with E-state index in [9.17, 15) is 4.79 Å². The minimum absolute atomic E-state index is 0.0540. The summed E-state index contributed by atoms with van der Waals surface area (Å²) in [5.74, 6) is 0.628. The molecule has 1 fully saturated rings. The first-order chi connectivity index (χ1) is 10.1. The molecule has 1 aliphatic rings. The highest BCUT2D eigenvalue weighted by molar-refractivity contribution is 5.85. The topological polar surface area (TPSA) is 96.3 Å². The number of aromatic nitrogens is 2. The molecule has 0 radical (unpaired) electrons. The number of rotatable bonds is 3. The third-order valence-corrected chi connectivity index (χ3v) is 3.55. The molecule has 1 aromatic heterocycles. The maximum Gasteiger partial charge on any atom is 0.245 e. The summed E-state index contributed by atoms with van der Waals surface area (Å²) in [7, 11) is 0. The fourth-order valence-corrected chi connectivity index (χ4v) is 2.42. The van der Waals surface area contributed by atoms with Crippen molar-refractivity contribution in [3.05, 3.63) is 18.2 Å². The number of nitrogens with one attached hydrogen (secondary N) is 2. The molecule has 0 bridgehead atoms. The van der Waals surface area contributed by atoms with Crippen LogP contribution in [-0.4, -0.2) is 53.1 Å². The number of aromatic amines is 1. The van der Waals surface area contributed by atoms with E-state index in [1.807, 2.05) is 24.0 Å². The second-order valence-electron chi connectivity index (χ2n) is 5.17. The van der Waals surface area contributed by atoms with Gasteiger partial charge in [0.15, 0.2) is 0 Å². The molecular formula is C14H19N5O2. The summed E-state index contributed by atoms with van der Waals surface area (Å²) in [4.78, 5) is 21.7. The number of imidazole rings is 1. The normalized spacial score (nSPS) is 16.9. The number of benzene rings is 1. The van der Waals surface area contributed by atoms with E-state index in [4.69, 9.17) is 10.5 Å². The summed E-state index contributed by atoms with van der Waals surface area (Å²) < 4.78 is 5.25. The Morgan fingerprint density at radius 2 is 2.24 bits per heavy atom. The first-order valence-electron chi connectivity index (χ1n) is 7.02. The number of carbonyl (C=O) groups is 1. The molecule has 21 heavy (non-hydrogen) atoms. The maximum absolute atomic E-state index is 12.3. The molecule has 1 amide bonds. The van der Waals surface area contributed by atoms with Gasteiger partial charge in [0.05, 0.1) is 24.2 Å². The highest BCUT2D eigenvalue weighted by atomic mass is 16.5. The Morgan fingerprint density at radius 3 is 3.00 bits per heavy atom. The van der Waals surface area contributed by atoms with Crippen molar-refractivity contribution in [3.63, 3.8) is 0 Å². The molecule has 3 rings (SSSR count). The lowest BCUT2D eigenvalue weighted by Crippen LogP contribution is -2.47. The van der Waals surface area contributed by atoms with Gasteiger partial charge in [-0.05, 0) is 25.1 Å². The van der Waals surface area contributed by atoms with Gasteiger partial charge >= 0.3 is 0 Å². The lowest BCUT2D eigenvalue weighted by Gasteiger charge is -2.29. The Balaban J connectivity index is 1.70. The number of ether oxygens (including phenoxy) is 1. The molecule has 2 aromatic rings. The van der Waals surface area contributed by atoms with Gasteiger partial charge in [-0.2, -0.15) is 0 Å². The third-order valence-electron chi connectivity index (χ3n) is 3.55. The quantitative estimate of drug-likeness (QED) is 0.726. The molecular weight excluding hydrogens is 270 g/mol. The largest absolute Gasteiger partial charge is 0.399 e. The minimum atomic E-state index is -0.346. The van der Waals surface area contributed by atoms with Crippen LogP contribution in [0.2, 0.25) is 0 Å². The minimum Gasteiger partial charge on any atom is -0.399 e. The number of carbonyl (C=O) groups excluding carboxylic acids is 1. The first-order valence-corrected chi connectivity index (χ1v) is 7.02. The van der Waals surface area contributed by atoms with Crippen LogP contribution in [0.5, 0.6) is 0 Å². The number of anilines is 2. The van der Waals surface area contributed by atoms with Crippen molar-refractivity contribution in [3.8, 4) is 0 Å². The van der Waals surface area contributed by atoms with Gasteiger partial charge in [-0.25, -0.2) is 4.98 Å². The summed E-state index contributed by atoms with van der Waals surface area (Å²) in [6, 6.07) is 5.12. The van der Waals surface area contributed by atoms with E-state index in [0.29, 0.717) is 37.9 Å². The van der Waals surface area contributed by atoms with Crippen LogP contribution in [0.15, 0.2) is 18.2 Å².